The van der Waals surface area contributed by atoms with Crippen molar-refractivity contribution >= 4 is 6.03 Å². The fourth-order valence-electron chi connectivity index (χ4n) is 3.00. The SMILES string of the molecule is CCN1CCN(C(=O)NCC2CCCCC2)CC1. The largest absolute Gasteiger partial charge is 0.338 e. The maximum Gasteiger partial charge on any atom is 0.317 e. The molecule has 1 heterocycles. The number of nitrogens with one attached hydrogen (secondary N) is 1. The molecule has 104 valence electrons. The molecule has 1 saturated heterocycles. The molecule has 0 spiro atoms. The highest BCUT2D eigenvalue weighted by Crippen LogP contribution is 2.22. The Balaban J connectivity index is 1.65. The Hall–Kier alpha value is -0.770. The van der Waals surface area contributed by atoms with Crippen molar-refractivity contribution in [1.29, 1.82) is 0 Å². The van der Waals surface area contributed by atoms with Crippen LogP contribution in [-0.4, -0.2) is 55.1 Å². The molecule has 0 radical (unpaired) electrons. The third kappa shape index (κ3) is 3.87. The van der Waals surface area contributed by atoms with Gasteiger partial charge in [-0.3, -0.25) is 0 Å². The summed E-state index contributed by atoms with van der Waals surface area (Å²) in [5.41, 5.74) is 0. The molecule has 18 heavy (non-hydrogen) atoms. The van der Waals surface area contributed by atoms with Gasteiger partial charge in [0.15, 0.2) is 0 Å². The Morgan fingerprint density at radius 1 is 1.11 bits per heavy atom. The monoisotopic (exact) mass is 253 g/mol. The van der Waals surface area contributed by atoms with Gasteiger partial charge in [-0.15, -0.1) is 0 Å². The number of amides is 2. The Morgan fingerprint density at radius 2 is 1.78 bits per heavy atom. The van der Waals surface area contributed by atoms with Crippen LogP contribution >= 0.6 is 0 Å². The van der Waals surface area contributed by atoms with Crippen LogP contribution in [0, 0.1) is 5.92 Å². The molecule has 1 N–H and O–H groups in total. The topological polar surface area (TPSA) is 35.6 Å². The second-order valence-electron chi connectivity index (χ2n) is 5.61. The molecule has 2 amide bonds. The van der Waals surface area contributed by atoms with Crippen molar-refractivity contribution in [2.45, 2.75) is 39.0 Å². The average molecular weight is 253 g/mol. The minimum Gasteiger partial charge on any atom is -0.338 e. The maximum atomic E-state index is 12.0. The minimum atomic E-state index is 0.149. The van der Waals surface area contributed by atoms with Gasteiger partial charge in [0, 0.05) is 32.7 Å². The molecule has 0 aromatic heterocycles. The molecule has 1 aliphatic carbocycles. The Morgan fingerprint density at radius 3 is 2.39 bits per heavy atom. The molecule has 0 unspecified atom stereocenters. The molecule has 0 bridgehead atoms. The van der Waals surface area contributed by atoms with E-state index in [1.54, 1.807) is 0 Å². The van der Waals surface area contributed by atoms with Gasteiger partial charge in [0.1, 0.15) is 0 Å². The highest BCUT2D eigenvalue weighted by Gasteiger charge is 2.21. The summed E-state index contributed by atoms with van der Waals surface area (Å²) in [6, 6.07) is 0.149. The molecule has 1 saturated carbocycles. The lowest BCUT2D eigenvalue weighted by molar-refractivity contribution is 0.141. The Labute approximate surface area is 111 Å². The molecule has 1 aliphatic heterocycles. The second kappa shape index (κ2) is 6.98. The summed E-state index contributed by atoms with van der Waals surface area (Å²) in [5.74, 6) is 0.722. The predicted molar refractivity (Wildman–Crippen MR) is 73.7 cm³/mol. The number of nitrogens with zero attached hydrogens (tertiary/aromatic N) is 2. The van der Waals surface area contributed by atoms with Gasteiger partial charge in [-0.1, -0.05) is 26.2 Å². The molecule has 0 aromatic carbocycles. The van der Waals surface area contributed by atoms with Gasteiger partial charge >= 0.3 is 6.03 Å². The third-order valence-electron chi connectivity index (χ3n) is 4.37. The van der Waals surface area contributed by atoms with E-state index < -0.39 is 0 Å². The number of carbonyl (C=O) groups excluding carboxylic acids is 1. The van der Waals surface area contributed by atoms with Crippen LogP contribution in [0.25, 0.3) is 0 Å². The summed E-state index contributed by atoms with van der Waals surface area (Å²) in [6.07, 6.45) is 6.66. The lowest BCUT2D eigenvalue weighted by Crippen LogP contribution is -2.52. The van der Waals surface area contributed by atoms with E-state index in [0.29, 0.717) is 0 Å². The zero-order chi connectivity index (χ0) is 12.8. The zero-order valence-corrected chi connectivity index (χ0v) is 11.7. The average Bonchev–Trinajstić information content (AvgIpc) is 2.46. The van der Waals surface area contributed by atoms with Gasteiger partial charge in [0.05, 0.1) is 0 Å². The summed E-state index contributed by atoms with van der Waals surface area (Å²) >= 11 is 0. The number of rotatable bonds is 3. The van der Waals surface area contributed by atoms with E-state index in [4.69, 9.17) is 0 Å². The Kier molecular flexibility index (Phi) is 5.29. The van der Waals surface area contributed by atoms with Gasteiger partial charge in [0.25, 0.3) is 0 Å². The van der Waals surface area contributed by atoms with E-state index in [1.807, 2.05) is 4.90 Å². The molecular weight excluding hydrogens is 226 g/mol. The molecule has 2 fully saturated rings. The maximum absolute atomic E-state index is 12.0. The quantitative estimate of drug-likeness (QED) is 0.834. The smallest absolute Gasteiger partial charge is 0.317 e. The third-order valence-corrected chi connectivity index (χ3v) is 4.37. The van der Waals surface area contributed by atoms with Crippen LogP contribution in [0.15, 0.2) is 0 Å². The van der Waals surface area contributed by atoms with Crippen molar-refractivity contribution in [3.8, 4) is 0 Å². The fraction of sp³-hybridized carbons (Fsp3) is 0.929. The summed E-state index contributed by atoms with van der Waals surface area (Å²) in [6.45, 7) is 7.96. The number of urea groups is 1. The first-order valence-corrected chi connectivity index (χ1v) is 7.54. The van der Waals surface area contributed by atoms with Crippen LogP contribution in [-0.2, 0) is 0 Å². The number of carbonyl (C=O) groups is 1. The van der Waals surface area contributed by atoms with Crippen LogP contribution in [0.2, 0.25) is 0 Å². The van der Waals surface area contributed by atoms with Gasteiger partial charge in [-0.25, -0.2) is 4.79 Å². The molecule has 0 aromatic rings. The van der Waals surface area contributed by atoms with Gasteiger partial charge in [-0.2, -0.15) is 0 Å². The first-order valence-electron chi connectivity index (χ1n) is 7.54. The molecule has 2 aliphatic rings. The fourth-order valence-corrected chi connectivity index (χ4v) is 3.00. The van der Waals surface area contributed by atoms with Crippen molar-refractivity contribution in [2.24, 2.45) is 5.92 Å². The van der Waals surface area contributed by atoms with Crippen molar-refractivity contribution in [1.82, 2.24) is 15.1 Å². The van der Waals surface area contributed by atoms with Crippen molar-refractivity contribution in [3.63, 3.8) is 0 Å². The lowest BCUT2D eigenvalue weighted by Gasteiger charge is -2.34. The standard InChI is InChI=1S/C14H27N3O/c1-2-16-8-10-17(11-9-16)14(18)15-12-13-6-4-3-5-7-13/h13H,2-12H2,1H3,(H,15,18). The number of likely N-dealkylation sites (N-methyl/N-ethyl adjacent to an activating group) is 1. The van der Waals surface area contributed by atoms with Crippen LogP contribution in [0.5, 0.6) is 0 Å². The van der Waals surface area contributed by atoms with E-state index in [0.717, 1.165) is 45.2 Å². The first-order chi connectivity index (χ1) is 8.79. The number of hydrogen-bond donors (Lipinski definition) is 1. The summed E-state index contributed by atoms with van der Waals surface area (Å²) in [5, 5.41) is 3.12. The normalized spacial score (nSPS) is 23.1. The van der Waals surface area contributed by atoms with Crippen molar-refractivity contribution < 1.29 is 4.79 Å². The first kappa shape index (κ1) is 13.7. The van der Waals surface area contributed by atoms with Gasteiger partial charge in [-0.05, 0) is 25.3 Å². The summed E-state index contributed by atoms with van der Waals surface area (Å²) in [4.78, 5) is 16.4. The molecular formula is C14H27N3O. The highest BCUT2D eigenvalue weighted by molar-refractivity contribution is 5.74. The molecule has 4 heteroatoms. The lowest BCUT2D eigenvalue weighted by atomic mass is 9.89. The molecule has 0 atom stereocenters. The summed E-state index contributed by atoms with van der Waals surface area (Å²) in [7, 11) is 0. The van der Waals surface area contributed by atoms with E-state index >= 15 is 0 Å². The number of piperazine rings is 1. The van der Waals surface area contributed by atoms with E-state index in [1.165, 1.54) is 32.1 Å². The van der Waals surface area contributed by atoms with E-state index in [9.17, 15) is 4.79 Å². The minimum absolute atomic E-state index is 0.149. The molecule has 4 nitrogen and oxygen atoms in total. The summed E-state index contributed by atoms with van der Waals surface area (Å²) < 4.78 is 0. The second-order valence-corrected chi connectivity index (χ2v) is 5.61. The highest BCUT2D eigenvalue weighted by atomic mass is 16.2. The van der Waals surface area contributed by atoms with Gasteiger partial charge in [0.2, 0.25) is 0 Å². The van der Waals surface area contributed by atoms with Gasteiger partial charge < -0.3 is 15.1 Å². The van der Waals surface area contributed by atoms with Crippen LogP contribution < -0.4 is 5.32 Å². The number of hydrogen-bond acceptors (Lipinski definition) is 2. The van der Waals surface area contributed by atoms with Crippen LogP contribution in [0.1, 0.15) is 39.0 Å². The van der Waals surface area contributed by atoms with E-state index in [-0.39, 0.29) is 6.03 Å². The zero-order valence-electron chi connectivity index (χ0n) is 11.7. The predicted octanol–water partition coefficient (Wildman–Crippen LogP) is 1.91. The van der Waals surface area contributed by atoms with Crippen LogP contribution in [0.4, 0.5) is 4.79 Å². The molecule has 2 rings (SSSR count). The van der Waals surface area contributed by atoms with Crippen molar-refractivity contribution in [3.05, 3.63) is 0 Å². The van der Waals surface area contributed by atoms with Crippen molar-refractivity contribution in [2.75, 3.05) is 39.3 Å². The van der Waals surface area contributed by atoms with Crippen LogP contribution in [0.3, 0.4) is 0 Å². The Bertz CT molecular complexity index is 256. The van der Waals surface area contributed by atoms with E-state index in [2.05, 4.69) is 17.1 Å².